The summed E-state index contributed by atoms with van der Waals surface area (Å²) in [5.41, 5.74) is 6.51. The molecule has 0 saturated heterocycles. The van der Waals surface area contributed by atoms with E-state index in [1.165, 1.54) is 99.1 Å². The highest BCUT2D eigenvalue weighted by molar-refractivity contribution is 7.26. The smallest absolute Gasteiger partial charge is 0.144 e. The molecule has 2 fully saturated rings. The number of nitrogens with zero attached hydrogens (tertiary/aromatic N) is 1. The van der Waals surface area contributed by atoms with E-state index in [0.29, 0.717) is 23.9 Å². The first-order valence-corrected chi connectivity index (χ1v) is 17.8. The standard InChI is InChI=1S/C42H39NOS/c1-3-11-28(12-4-1)30-19-23-32(24-20-30)43(33-25-21-31(22-26-33)29-13-5-2-6-14-29)37-27-36-34-15-7-9-17-38(34)44-41(36)40-35-16-8-10-18-39(35)45-42(37)40/h1-18,27,30-33H,19-26H2. The van der Waals surface area contributed by atoms with Crippen molar-refractivity contribution in [3.05, 3.63) is 126 Å². The van der Waals surface area contributed by atoms with Crippen LogP contribution in [0.25, 0.3) is 42.1 Å². The molecule has 224 valence electrons. The van der Waals surface area contributed by atoms with Crippen molar-refractivity contribution >= 4 is 59.1 Å². The molecule has 3 heteroatoms. The van der Waals surface area contributed by atoms with Gasteiger partial charge in [-0.3, -0.25) is 0 Å². The van der Waals surface area contributed by atoms with E-state index in [4.69, 9.17) is 4.42 Å². The quantitative estimate of drug-likeness (QED) is 0.194. The van der Waals surface area contributed by atoms with Crippen molar-refractivity contribution in [2.24, 2.45) is 0 Å². The molecule has 7 aromatic rings. The van der Waals surface area contributed by atoms with Crippen LogP contribution in [0.4, 0.5) is 5.69 Å². The molecule has 2 aliphatic carbocycles. The van der Waals surface area contributed by atoms with Crippen molar-refractivity contribution in [1.82, 2.24) is 0 Å². The van der Waals surface area contributed by atoms with Gasteiger partial charge in [-0.1, -0.05) is 97.1 Å². The van der Waals surface area contributed by atoms with E-state index in [1.807, 2.05) is 11.3 Å². The third-order valence-electron chi connectivity index (χ3n) is 11.0. The van der Waals surface area contributed by atoms with E-state index >= 15 is 0 Å². The number of hydrogen-bond acceptors (Lipinski definition) is 3. The second-order valence-electron chi connectivity index (χ2n) is 13.4. The largest absolute Gasteiger partial charge is 0.455 e. The van der Waals surface area contributed by atoms with Gasteiger partial charge in [-0.2, -0.15) is 0 Å². The normalized spacial score (nSPS) is 22.4. The molecule has 2 saturated carbocycles. The predicted molar refractivity (Wildman–Crippen MR) is 192 cm³/mol. The van der Waals surface area contributed by atoms with Crippen LogP contribution < -0.4 is 4.90 Å². The molecule has 0 N–H and O–H groups in total. The summed E-state index contributed by atoms with van der Waals surface area (Å²) in [5.74, 6) is 1.34. The second kappa shape index (κ2) is 11.4. The first-order valence-electron chi connectivity index (χ1n) is 17.0. The van der Waals surface area contributed by atoms with Crippen LogP contribution >= 0.6 is 11.3 Å². The molecule has 0 radical (unpaired) electrons. The Hall–Kier alpha value is -4.08. The lowest BCUT2D eigenvalue weighted by molar-refractivity contribution is 0.311. The molecule has 2 aliphatic rings. The summed E-state index contributed by atoms with van der Waals surface area (Å²) in [5, 5.41) is 5.12. The van der Waals surface area contributed by atoms with Crippen LogP contribution in [0.2, 0.25) is 0 Å². The average molecular weight is 606 g/mol. The highest BCUT2D eigenvalue weighted by Gasteiger charge is 2.35. The number of benzene rings is 5. The second-order valence-corrected chi connectivity index (χ2v) is 14.5. The zero-order chi connectivity index (χ0) is 29.7. The van der Waals surface area contributed by atoms with Gasteiger partial charge in [0.15, 0.2) is 0 Å². The number of thiophene rings is 1. The average Bonchev–Trinajstić information content (AvgIpc) is 3.69. The Kier molecular flexibility index (Phi) is 6.89. The van der Waals surface area contributed by atoms with Crippen LogP contribution in [0.15, 0.2) is 120 Å². The Morgan fingerprint density at radius 1 is 0.533 bits per heavy atom. The van der Waals surface area contributed by atoms with Crippen molar-refractivity contribution in [3.8, 4) is 0 Å². The Morgan fingerprint density at radius 3 is 1.69 bits per heavy atom. The summed E-state index contributed by atoms with van der Waals surface area (Å²) in [6.07, 6.45) is 10.0. The summed E-state index contributed by atoms with van der Waals surface area (Å²) in [6.45, 7) is 0. The van der Waals surface area contributed by atoms with Crippen LogP contribution in [-0.4, -0.2) is 12.1 Å². The van der Waals surface area contributed by atoms with Gasteiger partial charge in [-0.25, -0.2) is 0 Å². The Bertz CT molecular complexity index is 2030. The van der Waals surface area contributed by atoms with Crippen molar-refractivity contribution in [2.75, 3.05) is 4.90 Å². The SMILES string of the molecule is c1ccc(C2CCC(N(c3cc4c5ccccc5oc4c4c3sc3ccccc34)C3CCC(c4ccccc4)CC3)CC2)cc1. The summed E-state index contributed by atoms with van der Waals surface area (Å²) < 4.78 is 9.42. The van der Waals surface area contributed by atoms with Crippen molar-refractivity contribution < 1.29 is 4.42 Å². The zero-order valence-electron chi connectivity index (χ0n) is 25.7. The van der Waals surface area contributed by atoms with Gasteiger partial charge < -0.3 is 9.32 Å². The number of furan rings is 1. The molecular formula is C42H39NOS. The molecular weight excluding hydrogens is 567 g/mol. The molecule has 9 rings (SSSR count). The van der Waals surface area contributed by atoms with Crippen molar-refractivity contribution in [2.45, 2.75) is 75.3 Å². The maximum absolute atomic E-state index is 6.67. The van der Waals surface area contributed by atoms with Gasteiger partial charge in [0.05, 0.1) is 10.4 Å². The van der Waals surface area contributed by atoms with Gasteiger partial charge in [0.1, 0.15) is 11.2 Å². The molecule has 2 heterocycles. The van der Waals surface area contributed by atoms with Gasteiger partial charge in [-0.15, -0.1) is 11.3 Å². The topological polar surface area (TPSA) is 16.4 Å². The maximum atomic E-state index is 6.67. The van der Waals surface area contributed by atoms with E-state index in [0.717, 1.165) is 11.2 Å². The van der Waals surface area contributed by atoms with Crippen molar-refractivity contribution in [3.63, 3.8) is 0 Å². The Morgan fingerprint density at radius 2 is 1.07 bits per heavy atom. The fourth-order valence-corrected chi connectivity index (χ4v) is 9.98. The molecule has 0 bridgehead atoms. The molecule has 0 unspecified atom stereocenters. The minimum absolute atomic E-state index is 0.548. The number of anilines is 1. The van der Waals surface area contributed by atoms with E-state index in [1.54, 1.807) is 0 Å². The molecule has 0 amide bonds. The first kappa shape index (κ1) is 27.2. The van der Waals surface area contributed by atoms with Gasteiger partial charge in [0.2, 0.25) is 0 Å². The predicted octanol–water partition coefficient (Wildman–Crippen LogP) is 12.2. The Labute approximate surface area is 269 Å². The third kappa shape index (κ3) is 4.75. The molecule has 5 aromatic carbocycles. The first-order chi connectivity index (χ1) is 22.3. The van der Waals surface area contributed by atoms with Crippen LogP contribution in [0.3, 0.4) is 0 Å². The van der Waals surface area contributed by atoms with E-state index in [-0.39, 0.29) is 0 Å². The Balaban J connectivity index is 1.17. The van der Waals surface area contributed by atoms with E-state index in [9.17, 15) is 0 Å². The zero-order valence-corrected chi connectivity index (χ0v) is 26.5. The molecule has 45 heavy (non-hydrogen) atoms. The van der Waals surface area contributed by atoms with Gasteiger partial charge >= 0.3 is 0 Å². The highest BCUT2D eigenvalue weighted by Crippen LogP contribution is 2.50. The third-order valence-corrected chi connectivity index (χ3v) is 12.2. The van der Waals surface area contributed by atoms with Crippen LogP contribution in [-0.2, 0) is 0 Å². The fourth-order valence-electron chi connectivity index (χ4n) is 8.76. The lowest BCUT2D eigenvalue weighted by Gasteiger charge is -2.46. The summed E-state index contributed by atoms with van der Waals surface area (Å²) in [7, 11) is 0. The molecule has 0 spiro atoms. The van der Waals surface area contributed by atoms with Crippen LogP contribution in [0.1, 0.15) is 74.3 Å². The maximum Gasteiger partial charge on any atom is 0.144 e. The minimum Gasteiger partial charge on any atom is -0.455 e. The van der Waals surface area contributed by atoms with Crippen molar-refractivity contribution in [1.29, 1.82) is 0 Å². The number of rotatable bonds is 5. The molecule has 2 nitrogen and oxygen atoms in total. The van der Waals surface area contributed by atoms with Crippen LogP contribution in [0, 0.1) is 0 Å². The summed E-state index contributed by atoms with van der Waals surface area (Å²) in [6, 6.07) is 43.7. The lowest BCUT2D eigenvalue weighted by atomic mass is 9.78. The lowest BCUT2D eigenvalue weighted by Crippen LogP contribution is -2.46. The van der Waals surface area contributed by atoms with Gasteiger partial charge in [0.25, 0.3) is 0 Å². The van der Waals surface area contributed by atoms with E-state index < -0.39 is 0 Å². The molecule has 0 atom stereocenters. The minimum atomic E-state index is 0.548. The monoisotopic (exact) mass is 605 g/mol. The summed E-state index contributed by atoms with van der Waals surface area (Å²) in [4.78, 5) is 2.95. The molecule has 0 aliphatic heterocycles. The molecule has 2 aromatic heterocycles. The van der Waals surface area contributed by atoms with Crippen LogP contribution in [0.5, 0.6) is 0 Å². The van der Waals surface area contributed by atoms with Gasteiger partial charge in [0, 0.05) is 38.3 Å². The summed E-state index contributed by atoms with van der Waals surface area (Å²) >= 11 is 1.96. The van der Waals surface area contributed by atoms with Gasteiger partial charge in [-0.05, 0) is 92.5 Å². The van der Waals surface area contributed by atoms with E-state index in [2.05, 4.69) is 120 Å². The number of hydrogen-bond donors (Lipinski definition) is 0. The highest BCUT2D eigenvalue weighted by atomic mass is 32.1. The fraction of sp³-hybridized carbons (Fsp3) is 0.286. The number of para-hydroxylation sites is 1. The number of fused-ring (bicyclic) bond motifs is 7.